The van der Waals surface area contributed by atoms with Crippen molar-refractivity contribution in [3.63, 3.8) is 0 Å². The second-order valence-corrected chi connectivity index (χ2v) is 19.4. The van der Waals surface area contributed by atoms with E-state index in [-0.39, 0.29) is 49.5 Å². The molecule has 1 aromatic rings. The number of aliphatic carboxylic acids is 2. The number of hydrogen-bond acceptors (Lipinski definition) is 20. The number of carbonyl (C=O) groups is 14. The molecule has 28 N–H and O–H groups in total. The highest BCUT2D eigenvalue weighted by Crippen LogP contribution is 2.14. The summed E-state index contributed by atoms with van der Waals surface area (Å²) in [6.07, 6.45) is -3.57. The second-order valence-electron chi connectivity index (χ2n) is 19.4. The Hall–Kier alpha value is -9.29. The fourth-order valence-corrected chi connectivity index (χ4v) is 7.61. The minimum Gasteiger partial charge on any atom is -0.508 e. The maximum Gasteiger partial charge on any atom is 0.326 e. The number of phenols is 1. The Bertz CT molecular complexity index is 2550. The standard InChI is InChI=1S/C49H79N17O19/c1-3-22(2)38(48(84)85)66-45(81)31(19-37(73)74)63-43(79)30(18-36(54)72)62-46(82)32(20-67)64-40(76)26(8-6-14-57-49(55)56)58-41(77)27(15-23-9-11-24(69)12-10-23)60-42(78)29(17-35(53)71)61-47(83)33(21-68)65-44(80)28(16-34(52)70)59-39(75)25(51)7-4-5-13-50/h9-12,22,25-33,38,67-69H,3-8,13-21,50-51H2,1-2H3,(H2,52,70)(H2,53,71)(H2,54,72)(H,58,77)(H,59,75)(H,60,78)(H,61,83)(H,62,82)(H,63,79)(H,64,76)(H,65,80)(H,66,81)(H,73,74)(H,84,85)(H4,55,56,57)/t22-,25-,26-,27-,28-,29-,30-,31-,32-,33-,38-/m0/s1. The number of nitrogens with zero attached hydrogens (tertiary/aromatic N) is 1. The van der Waals surface area contributed by atoms with Gasteiger partial charge in [0.1, 0.15) is 60.1 Å². The van der Waals surface area contributed by atoms with Gasteiger partial charge in [-0.3, -0.25) is 67.3 Å². The number of benzene rings is 1. The average molecular weight is 1210 g/mol. The van der Waals surface area contributed by atoms with E-state index in [1.165, 1.54) is 31.2 Å². The van der Waals surface area contributed by atoms with Crippen LogP contribution in [0.4, 0.5) is 0 Å². The monoisotopic (exact) mass is 1210 g/mol. The first kappa shape index (κ1) is 73.7. The number of aliphatic hydroxyl groups excluding tert-OH is 2. The molecule has 0 saturated carbocycles. The maximum atomic E-state index is 14.4. The summed E-state index contributed by atoms with van der Waals surface area (Å²) in [5.74, 6) is -19.2. The molecule has 0 aliphatic rings. The summed E-state index contributed by atoms with van der Waals surface area (Å²) >= 11 is 0. The zero-order valence-corrected chi connectivity index (χ0v) is 46.7. The molecule has 1 rings (SSSR count). The van der Waals surface area contributed by atoms with Crippen molar-refractivity contribution in [3.05, 3.63) is 29.8 Å². The molecule has 36 nitrogen and oxygen atoms in total. The molecule has 1 aromatic carbocycles. The Morgan fingerprint density at radius 1 is 0.494 bits per heavy atom. The lowest BCUT2D eigenvalue weighted by molar-refractivity contribution is -0.145. The van der Waals surface area contributed by atoms with E-state index in [1.807, 2.05) is 5.32 Å². The van der Waals surface area contributed by atoms with Crippen molar-refractivity contribution in [2.75, 3.05) is 26.3 Å². The van der Waals surface area contributed by atoms with Gasteiger partial charge in [-0.25, -0.2) is 4.79 Å². The predicted octanol–water partition coefficient (Wildman–Crippen LogP) is -9.98. The molecular weight excluding hydrogens is 1130 g/mol. The number of nitrogens with one attached hydrogen (secondary N) is 9. The molecule has 0 radical (unpaired) electrons. The van der Waals surface area contributed by atoms with Crippen LogP contribution in [0, 0.1) is 5.92 Å². The summed E-state index contributed by atoms with van der Waals surface area (Å²) < 4.78 is 0. The minimum atomic E-state index is -2.04. The molecule has 0 heterocycles. The van der Waals surface area contributed by atoms with Gasteiger partial charge in [0, 0.05) is 13.0 Å². The molecule has 0 aromatic heterocycles. The van der Waals surface area contributed by atoms with Gasteiger partial charge in [0.15, 0.2) is 5.96 Å². The molecule has 0 unspecified atom stereocenters. The molecule has 0 bridgehead atoms. The minimum absolute atomic E-state index is 0.106. The van der Waals surface area contributed by atoms with Crippen LogP contribution >= 0.6 is 0 Å². The van der Waals surface area contributed by atoms with E-state index in [0.29, 0.717) is 19.4 Å². The zero-order chi connectivity index (χ0) is 64.7. The summed E-state index contributed by atoms with van der Waals surface area (Å²) in [7, 11) is 0. The normalized spacial score (nSPS) is 14.8. The van der Waals surface area contributed by atoms with E-state index in [1.54, 1.807) is 6.92 Å². The average Bonchev–Trinajstić information content (AvgIpc) is 3.62. The van der Waals surface area contributed by atoms with E-state index in [0.717, 1.165) is 0 Å². The first-order valence-corrected chi connectivity index (χ1v) is 26.4. The molecule has 0 saturated heterocycles. The molecule has 0 fully saturated rings. The molecule has 36 heteroatoms. The molecule has 0 aliphatic carbocycles. The van der Waals surface area contributed by atoms with Crippen LogP contribution in [0.15, 0.2) is 29.3 Å². The number of aliphatic hydroxyl groups is 2. The first-order valence-electron chi connectivity index (χ1n) is 26.4. The summed E-state index contributed by atoms with van der Waals surface area (Å²) in [6.45, 7) is 0.778. The van der Waals surface area contributed by atoms with Crippen LogP contribution < -0.4 is 88.0 Å². The fourth-order valence-electron chi connectivity index (χ4n) is 7.61. The largest absolute Gasteiger partial charge is 0.508 e. The number of rotatable bonds is 41. The van der Waals surface area contributed by atoms with Crippen LogP contribution in [-0.4, -0.2) is 201 Å². The number of nitrogens with two attached hydrogens (primary N) is 7. The Balaban J connectivity index is 3.63. The SMILES string of the molecule is CC[C@H](C)[C@H](NC(=O)[C@H](CC(=O)O)NC(=O)[C@H](CC(N)=O)NC(=O)[C@H](CO)NC(=O)[C@H](CCCN=C(N)N)NC(=O)[C@H](Cc1ccc(O)cc1)NC(=O)[C@H](CC(N)=O)NC(=O)[C@H](CO)NC(=O)[C@H](CC(N)=O)NC(=O)[C@@H](N)CCCCN)C(=O)O. The van der Waals surface area contributed by atoms with Crippen LogP contribution in [-0.2, 0) is 73.5 Å². The summed E-state index contributed by atoms with van der Waals surface area (Å²) in [5, 5.41) is 69.2. The number of aliphatic imine (C=N–C) groups is 1. The molecule has 0 aliphatic heterocycles. The summed E-state index contributed by atoms with van der Waals surface area (Å²) in [6, 6.07) is -13.0. The van der Waals surface area contributed by atoms with Gasteiger partial charge >= 0.3 is 11.9 Å². The van der Waals surface area contributed by atoms with Gasteiger partial charge in [-0.1, -0.05) is 38.8 Å². The highest BCUT2D eigenvalue weighted by molar-refractivity contribution is 6.01. The number of carboxylic acids is 2. The van der Waals surface area contributed by atoms with Crippen molar-refractivity contribution < 1.29 is 92.7 Å². The van der Waals surface area contributed by atoms with E-state index >= 15 is 0 Å². The predicted molar refractivity (Wildman–Crippen MR) is 295 cm³/mol. The van der Waals surface area contributed by atoms with Crippen molar-refractivity contribution in [3.8, 4) is 5.75 Å². The van der Waals surface area contributed by atoms with E-state index in [9.17, 15) is 92.7 Å². The van der Waals surface area contributed by atoms with Crippen molar-refractivity contribution in [1.82, 2.24) is 47.9 Å². The number of carbonyl (C=O) groups excluding carboxylic acids is 12. The van der Waals surface area contributed by atoms with Crippen LogP contribution in [0.5, 0.6) is 5.75 Å². The lowest BCUT2D eigenvalue weighted by atomic mass is 9.98. The highest BCUT2D eigenvalue weighted by Gasteiger charge is 2.37. The number of phenolic OH excluding ortho intramolecular Hbond substituents is 1. The molecule has 12 amide bonds. The Kier molecular flexibility index (Phi) is 32.7. The van der Waals surface area contributed by atoms with Crippen molar-refractivity contribution in [2.24, 2.45) is 51.0 Å². The van der Waals surface area contributed by atoms with E-state index in [4.69, 9.17) is 40.1 Å². The lowest BCUT2D eigenvalue weighted by Gasteiger charge is -2.27. The molecular formula is C49H79N17O19. The van der Waals surface area contributed by atoms with E-state index in [2.05, 4.69) is 47.5 Å². The smallest absolute Gasteiger partial charge is 0.326 e. The van der Waals surface area contributed by atoms with Gasteiger partial charge < -0.3 is 114 Å². The number of guanidine groups is 1. The van der Waals surface area contributed by atoms with Gasteiger partial charge in [-0.15, -0.1) is 0 Å². The van der Waals surface area contributed by atoms with Crippen molar-refractivity contribution in [2.45, 2.75) is 145 Å². The lowest BCUT2D eigenvalue weighted by Crippen LogP contribution is -2.62. The van der Waals surface area contributed by atoms with Crippen LogP contribution in [0.2, 0.25) is 0 Å². The van der Waals surface area contributed by atoms with E-state index < -0.39 is 194 Å². The van der Waals surface area contributed by atoms with Gasteiger partial charge in [-0.05, 0) is 55.8 Å². The Morgan fingerprint density at radius 3 is 1.27 bits per heavy atom. The quantitative estimate of drug-likeness (QED) is 0.0164. The fraction of sp³-hybridized carbons (Fsp3) is 0.571. The Labute approximate surface area is 486 Å². The van der Waals surface area contributed by atoms with Gasteiger partial charge in [0.2, 0.25) is 70.9 Å². The third-order valence-corrected chi connectivity index (χ3v) is 12.4. The number of unbranched alkanes of at least 4 members (excludes halogenated alkanes) is 1. The first-order chi connectivity index (χ1) is 39.9. The van der Waals surface area contributed by atoms with Crippen molar-refractivity contribution >= 4 is 88.8 Å². The number of carboxylic acid groups (broad SMARTS) is 2. The molecule has 474 valence electrons. The number of aromatic hydroxyl groups is 1. The van der Waals surface area contributed by atoms with Gasteiger partial charge in [-0.2, -0.15) is 0 Å². The van der Waals surface area contributed by atoms with Crippen molar-refractivity contribution in [1.29, 1.82) is 0 Å². The third-order valence-electron chi connectivity index (χ3n) is 12.4. The van der Waals surface area contributed by atoms with Gasteiger partial charge in [0.25, 0.3) is 0 Å². The number of amides is 12. The summed E-state index contributed by atoms with van der Waals surface area (Å²) in [4.78, 5) is 186. The maximum absolute atomic E-state index is 14.4. The molecule has 0 spiro atoms. The number of hydrogen-bond donors (Lipinski definition) is 21. The molecule has 85 heavy (non-hydrogen) atoms. The van der Waals surface area contributed by atoms with Crippen LogP contribution in [0.3, 0.4) is 0 Å². The van der Waals surface area contributed by atoms with Crippen LogP contribution in [0.25, 0.3) is 0 Å². The third kappa shape index (κ3) is 28.0. The Morgan fingerprint density at radius 2 is 0.871 bits per heavy atom. The topological polar surface area (TPSA) is 643 Å². The summed E-state index contributed by atoms with van der Waals surface area (Å²) in [5.41, 5.74) is 38.5. The second kappa shape index (κ2) is 37.7. The highest BCUT2D eigenvalue weighted by atomic mass is 16.4. The number of primary amides is 3. The zero-order valence-electron chi connectivity index (χ0n) is 46.7. The van der Waals surface area contributed by atoms with Crippen LogP contribution in [0.1, 0.15) is 83.6 Å². The van der Waals surface area contributed by atoms with Gasteiger partial charge in [0.05, 0.1) is 44.9 Å². The molecule has 11 atom stereocenters.